The van der Waals surface area contributed by atoms with Gasteiger partial charge >= 0.3 is 0 Å². The van der Waals surface area contributed by atoms with E-state index >= 15 is 0 Å². The quantitative estimate of drug-likeness (QED) is 0.199. The molecule has 0 radical (unpaired) electrons. The molecule has 2 fully saturated rings. The molecule has 0 amide bonds. The Kier molecular flexibility index (Phi) is 9.76. The second-order valence-electron chi connectivity index (χ2n) is 10.5. The van der Waals surface area contributed by atoms with Gasteiger partial charge in [-0.2, -0.15) is 0 Å². The SMILES string of the molecule is Cc1nc(Cl)cc(C2CC(OCc3ccccc3)C2)n1.Cc1nc(Cl)cc(C2CC(OCc3ccccc3)C2)n1. The monoisotopic (exact) mass is 576 g/mol. The van der Waals surface area contributed by atoms with Gasteiger partial charge in [-0.3, -0.25) is 0 Å². The topological polar surface area (TPSA) is 70.0 Å². The molecule has 2 heterocycles. The first kappa shape index (κ1) is 28.6. The first-order valence-corrected chi connectivity index (χ1v) is 14.5. The Morgan fingerprint density at radius 2 is 0.975 bits per heavy atom. The second-order valence-corrected chi connectivity index (χ2v) is 11.3. The van der Waals surface area contributed by atoms with Gasteiger partial charge in [0.05, 0.1) is 25.4 Å². The minimum atomic E-state index is 0.328. The molecule has 6 nitrogen and oxygen atoms in total. The largest absolute Gasteiger partial charge is 0.373 e. The van der Waals surface area contributed by atoms with Crippen LogP contribution in [-0.2, 0) is 22.7 Å². The van der Waals surface area contributed by atoms with Crippen molar-refractivity contribution in [3.05, 3.63) is 117 Å². The lowest BCUT2D eigenvalue weighted by atomic mass is 9.80. The highest BCUT2D eigenvalue weighted by molar-refractivity contribution is 6.29. The second kappa shape index (κ2) is 13.6. The molecule has 2 aliphatic rings. The molecule has 0 unspecified atom stereocenters. The van der Waals surface area contributed by atoms with Gasteiger partial charge in [-0.25, -0.2) is 19.9 Å². The van der Waals surface area contributed by atoms with E-state index < -0.39 is 0 Å². The van der Waals surface area contributed by atoms with Crippen LogP contribution >= 0.6 is 23.2 Å². The van der Waals surface area contributed by atoms with Gasteiger partial charge in [0.25, 0.3) is 0 Å². The maximum absolute atomic E-state index is 5.97. The van der Waals surface area contributed by atoms with Crippen LogP contribution in [-0.4, -0.2) is 32.1 Å². The number of aryl methyl sites for hydroxylation is 2. The third-order valence-electron chi connectivity index (χ3n) is 7.34. The zero-order valence-corrected chi connectivity index (χ0v) is 24.4. The molecule has 208 valence electrons. The maximum Gasteiger partial charge on any atom is 0.133 e. The molecular formula is C32H34Cl2N4O2. The van der Waals surface area contributed by atoms with Crippen molar-refractivity contribution in [3.63, 3.8) is 0 Å². The minimum absolute atomic E-state index is 0.328. The Labute approximate surface area is 246 Å². The molecule has 8 heteroatoms. The Bertz CT molecular complexity index is 1230. The van der Waals surface area contributed by atoms with E-state index in [2.05, 4.69) is 44.2 Å². The van der Waals surface area contributed by atoms with E-state index in [9.17, 15) is 0 Å². The zero-order chi connectivity index (χ0) is 27.9. The highest BCUT2D eigenvalue weighted by Crippen LogP contribution is 2.39. The van der Waals surface area contributed by atoms with E-state index in [-0.39, 0.29) is 0 Å². The molecule has 0 saturated heterocycles. The highest BCUT2D eigenvalue weighted by Gasteiger charge is 2.33. The Balaban J connectivity index is 0.000000161. The molecule has 0 N–H and O–H groups in total. The van der Waals surface area contributed by atoms with Gasteiger partial charge in [-0.05, 0) is 62.8 Å². The summed E-state index contributed by atoms with van der Waals surface area (Å²) in [6, 6.07) is 24.3. The molecule has 0 aliphatic heterocycles. The Morgan fingerprint density at radius 3 is 1.32 bits per heavy atom. The van der Waals surface area contributed by atoms with Gasteiger partial charge in [0.15, 0.2) is 0 Å². The average molecular weight is 578 g/mol. The van der Waals surface area contributed by atoms with Crippen molar-refractivity contribution in [2.75, 3.05) is 0 Å². The van der Waals surface area contributed by atoms with Gasteiger partial charge < -0.3 is 9.47 Å². The molecule has 0 atom stereocenters. The van der Waals surface area contributed by atoms with Crippen molar-refractivity contribution in [2.24, 2.45) is 0 Å². The summed E-state index contributed by atoms with van der Waals surface area (Å²) < 4.78 is 11.8. The number of hydrogen-bond donors (Lipinski definition) is 0. The Hall–Kier alpha value is -2.90. The van der Waals surface area contributed by atoms with E-state index in [0.717, 1.165) is 48.7 Å². The summed E-state index contributed by atoms with van der Waals surface area (Å²) in [5.41, 5.74) is 4.53. The van der Waals surface area contributed by atoms with Crippen LogP contribution in [0, 0.1) is 13.8 Å². The molecule has 2 saturated carbocycles. The number of benzene rings is 2. The summed E-state index contributed by atoms with van der Waals surface area (Å²) in [5.74, 6) is 2.38. The summed E-state index contributed by atoms with van der Waals surface area (Å²) in [4.78, 5) is 17.1. The van der Waals surface area contributed by atoms with Gasteiger partial charge in [0, 0.05) is 23.2 Å². The third-order valence-corrected chi connectivity index (χ3v) is 7.72. The molecule has 0 bridgehead atoms. The molecule has 2 aromatic carbocycles. The fourth-order valence-electron chi connectivity index (χ4n) is 4.99. The van der Waals surface area contributed by atoms with Crippen LogP contribution in [0.5, 0.6) is 0 Å². The third kappa shape index (κ3) is 8.07. The lowest BCUT2D eigenvalue weighted by Crippen LogP contribution is -2.30. The number of ether oxygens (including phenoxy) is 2. The average Bonchev–Trinajstić information content (AvgIpc) is 2.87. The fourth-order valence-corrected chi connectivity index (χ4v) is 5.46. The summed E-state index contributed by atoms with van der Waals surface area (Å²) >= 11 is 11.9. The Morgan fingerprint density at radius 1 is 0.600 bits per heavy atom. The van der Waals surface area contributed by atoms with Crippen molar-refractivity contribution in [3.8, 4) is 0 Å². The van der Waals surface area contributed by atoms with Crippen LogP contribution in [0.2, 0.25) is 10.3 Å². The van der Waals surface area contributed by atoms with Crippen LogP contribution in [0.3, 0.4) is 0 Å². The van der Waals surface area contributed by atoms with Crippen LogP contribution in [0.15, 0.2) is 72.8 Å². The fraction of sp³-hybridized carbons (Fsp3) is 0.375. The number of rotatable bonds is 8. The van der Waals surface area contributed by atoms with Crippen LogP contribution in [0.1, 0.15) is 71.7 Å². The first-order valence-electron chi connectivity index (χ1n) is 13.7. The van der Waals surface area contributed by atoms with Crippen molar-refractivity contribution in [1.29, 1.82) is 0 Å². The predicted molar refractivity (Wildman–Crippen MR) is 158 cm³/mol. The van der Waals surface area contributed by atoms with E-state index in [4.69, 9.17) is 32.7 Å². The maximum atomic E-state index is 5.97. The standard InChI is InChI=1S/2C16H17ClN2O/c2*1-11-18-15(9-16(17)19-11)13-7-14(8-13)20-10-12-5-3-2-4-6-12/h2*2-6,9,13-14H,7-8,10H2,1H3. The summed E-state index contributed by atoms with van der Waals surface area (Å²) in [6.45, 7) is 5.11. The summed E-state index contributed by atoms with van der Waals surface area (Å²) in [6.07, 6.45) is 4.71. The smallest absolute Gasteiger partial charge is 0.133 e. The van der Waals surface area contributed by atoms with E-state index in [0.29, 0.717) is 47.6 Å². The van der Waals surface area contributed by atoms with Crippen LogP contribution in [0.25, 0.3) is 0 Å². The van der Waals surface area contributed by atoms with E-state index in [1.54, 1.807) is 0 Å². The van der Waals surface area contributed by atoms with Gasteiger partial charge in [-0.15, -0.1) is 0 Å². The molecular weight excluding hydrogens is 543 g/mol. The summed E-state index contributed by atoms with van der Waals surface area (Å²) in [5, 5.41) is 1.06. The first-order chi connectivity index (χ1) is 19.4. The van der Waals surface area contributed by atoms with Crippen molar-refractivity contribution >= 4 is 23.2 Å². The van der Waals surface area contributed by atoms with Crippen molar-refractivity contribution in [1.82, 2.24) is 19.9 Å². The number of aromatic nitrogens is 4. The summed E-state index contributed by atoms with van der Waals surface area (Å²) in [7, 11) is 0. The lowest BCUT2D eigenvalue weighted by Gasteiger charge is -2.34. The van der Waals surface area contributed by atoms with E-state index in [1.165, 1.54) is 11.1 Å². The molecule has 0 spiro atoms. The molecule has 6 rings (SSSR count). The van der Waals surface area contributed by atoms with Crippen LogP contribution in [0.4, 0.5) is 0 Å². The van der Waals surface area contributed by atoms with Gasteiger partial charge in [0.1, 0.15) is 22.0 Å². The lowest BCUT2D eigenvalue weighted by molar-refractivity contribution is -0.0216. The number of halogens is 2. The normalized spacial score (nSPS) is 21.5. The minimum Gasteiger partial charge on any atom is -0.373 e. The number of nitrogens with zero attached hydrogens (tertiary/aromatic N) is 4. The molecule has 40 heavy (non-hydrogen) atoms. The zero-order valence-electron chi connectivity index (χ0n) is 22.8. The molecule has 2 aromatic heterocycles. The van der Waals surface area contributed by atoms with E-state index in [1.807, 2.05) is 62.4 Å². The predicted octanol–water partition coefficient (Wildman–Crippen LogP) is 7.80. The van der Waals surface area contributed by atoms with Gasteiger partial charge in [-0.1, -0.05) is 83.9 Å². The number of hydrogen-bond acceptors (Lipinski definition) is 6. The van der Waals surface area contributed by atoms with Crippen molar-refractivity contribution in [2.45, 2.75) is 76.8 Å². The van der Waals surface area contributed by atoms with Gasteiger partial charge in [0.2, 0.25) is 0 Å². The van der Waals surface area contributed by atoms with Crippen molar-refractivity contribution < 1.29 is 9.47 Å². The highest BCUT2D eigenvalue weighted by atomic mass is 35.5. The van der Waals surface area contributed by atoms with Crippen LogP contribution < -0.4 is 0 Å². The molecule has 4 aromatic rings. The molecule has 2 aliphatic carbocycles.